The molecule has 1 saturated carbocycles. The molecule has 4 rings (SSSR count). The predicted octanol–water partition coefficient (Wildman–Crippen LogP) is 3.26. The predicted molar refractivity (Wildman–Crippen MR) is 90.5 cm³/mol. The van der Waals surface area contributed by atoms with Gasteiger partial charge >= 0.3 is 0 Å². The maximum absolute atomic E-state index is 14.9. The van der Waals surface area contributed by atoms with Gasteiger partial charge in [-0.15, -0.1) is 0 Å². The van der Waals surface area contributed by atoms with Gasteiger partial charge in [0.1, 0.15) is 5.69 Å². The molecule has 0 atom stereocenters. The first-order valence-corrected chi connectivity index (χ1v) is 8.31. The largest absolute Gasteiger partial charge is 0.493 e. The lowest BCUT2D eigenvalue weighted by molar-refractivity contribution is -0.121. The molecule has 1 aromatic heterocycles. The number of methoxy groups -OCH3 is 2. The Morgan fingerprint density at radius 3 is 2.27 bits per heavy atom. The maximum atomic E-state index is 14.9. The lowest BCUT2D eigenvalue weighted by Crippen LogP contribution is -2.45. The minimum atomic E-state index is -0.918. The lowest BCUT2D eigenvalue weighted by atomic mass is 9.86. The van der Waals surface area contributed by atoms with Gasteiger partial charge in [0.15, 0.2) is 23.1 Å². The van der Waals surface area contributed by atoms with Gasteiger partial charge in [-0.05, 0) is 37.0 Å². The van der Waals surface area contributed by atoms with E-state index in [9.17, 15) is 13.6 Å². The van der Waals surface area contributed by atoms with Crippen LogP contribution in [-0.2, 0) is 16.8 Å². The molecule has 0 radical (unpaired) electrons. The molecular formula is C19H18F2N2O3. The highest BCUT2D eigenvalue weighted by Crippen LogP contribution is 2.54. The number of rotatable bonds is 3. The van der Waals surface area contributed by atoms with Crippen LogP contribution in [0, 0.1) is 18.6 Å². The highest BCUT2D eigenvalue weighted by molar-refractivity contribution is 6.05. The maximum Gasteiger partial charge on any atom is 0.238 e. The van der Waals surface area contributed by atoms with Crippen molar-refractivity contribution in [2.24, 2.45) is 0 Å². The van der Waals surface area contributed by atoms with Crippen molar-refractivity contribution in [3.8, 4) is 11.5 Å². The average molecular weight is 360 g/mol. The number of aryl methyl sites for hydroxylation is 1. The Hall–Kier alpha value is -2.70. The summed E-state index contributed by atoms with van der Waals surface area (Å²) in [5.41, 5.74) is 1.38. The number of ether oxygens (including phenoxy) is 2. The van der Waals surface area contributed by atoms with Crippen molar-refractivity contribution in [3.05, 3.63) is 46.8 Å². The van der Waals surface area contributed by atoms with Gasteiger partial charge in [0.2, 0.25) is 5.91 Å². The summed E-state index contributed by atoms with van der Waals surface area (Å²) >= 11 is 0. The second kappa shape index (κ2) is 5.65. The van der Waals surface area contributed by atoms with Gasteiger partial charge in [-0.2, -0.15) is 0 Å². The quantitative estimate of drug-likeness (QED) is 0.843. The first-order valence-electron chi connectivity index (χ1n) is 8.31. The highest BCUT2D eigenvalue weighted by Gasteiger charge is 2.57. The number of anilines is 1. The van der Waals surface area contributed by atoms with E-state index < -0.39 is 22.7 Å². The molecule has 136 valence electrons. The van der Waals surface area contributed by atoms with Gasteiger partial charge in [-0.25, -0.2) is 8.78 Å². The number of carbonyl (C=O) groups is 1. The van der Waals surface area contributed by atoms with Gasteiger partial charge in [-0.1, -0.05) is 0 Å². The Balaban J connectivity index is 1.90. The van der Waals surface area contributed by atoms with E-state index in [1.807, 2.05) is 13.0 Å². The smallest absolute Gasteiger partial charge is 0.238 e. The van der Waals surface area contributed by atoms with Gasteiger partial charge in [-0.3, -0.25) is 9.78 Å². The molecule has 1 fully saturated rings. The van der Waals surface area contributed by atoms with E-state index in [0.29, 0.717) is 12.8 Å². The summed E-state index contributed by atoms with van der Waals surface area (Å²) in [6.07, 6.45) is 2.99. The Labute approximate surface area is 149 Å². The molecule has 7 heteroatoms. The molecule has 0 N–H and O–H groups in total. The van der Waals surface area contributed by atoms with E-state index in [4.69, 9.17) is 9.47 Å². The van der Waals surface area contributed by atoms with Crippen LogP contribution >= 0.6 is 0 Å². The van der Waals surface area contributed by atoms with Gasteiger partial charge < -0.3 is 14.4 Å². The molecule has 1 spiro atoms. The summed E-state index contributed by atoms with van der Waals surface area (Å²) in [6.45, 7) is 1.91. The number of fused-ring (bicyclic) bond motifs is 2. The van der Waals surface area contributed by atoms with Crippen molar-refractivity contribution < 1.29 is 23.0 Å². The van der Waals surface area contributed by atoms with Crippen molar-refractivity contribution in [2.45, 2.75) is 31.7 Å². The molecule has 5 nitrogen and oxygen atoms in total. The van der Waals surface area contributed by atoms with Crippen LogP contribution in [0.2, 0.25) is 0 Å². The third kappa shape index (κ3) is 2.19. The fourth-order valence-electron chi connectivity index (χ4n) is 3.67. The third-order valence-electron chi connectivity index (χ3n) is 5.19. The monoisotopic (exact) mass is 360 g/mol. The van der Waals surface area contributed by atoms with E-state index in [0.717, 1.165) is 27.8 Å². The summed E-state index contributed by atoms with van der Waals surface area (Å²) in [4.78, 5) is 18.6. The van der Waals surface area contributed by atoms with Crippen molar-refractivity contribution in [2.75, 3.05) is 19.1 Å². The molecule has 26 heavy (non-hydrogen) atoms. The van der Waals surface area contributed by atoms with Gasteiger partial charge in [0, 0.05) is 18.0 Å². The SMILES string of the molecule is COc1cc(OC)c(F)c(N2Cc3cnc(C)cc3C3(CC3)C2=O)c1F. The fraction of sp³-hybridized carbons (Fsp3) is 0.368. The number of amides is 1. The van der Waals surface area contributed by atoms with Crippen LogP contribution in [-0.4, -0.2) is 25.1 Å². The molecule has 2 aliphatic rings. The Kier molecular flexibility index (Phi) is 3.64. The number of nitrogens with zero attached hydrogens (tertiary/aromatic N) is 2. The van der Waals surface area contributed by atoms with Crippen LogP contribution in [0.25, 0.3) is 0 Å². The van der Waals surface area contributed by atoms with E-state index >= 15 is 0 Å². The van der Waals surface area contributed by atoms with Crippen LogP contribution in [0.3, 0.4) is 0 Å². The molecule has 0 unspecified atom stereocenters. The second-order valence-electron chi connectivity index (χ2n) is 6.71. The number of carbonyl (C=O) groups excluding carboxylic acids is 1. The Morgan fingerprint density at radius 1 is 1.12 bits per heavy atom. The Bertz CT molecular complexity index is 897. The summed E-state index contributed by atoms with van der Waals surface area (Å²) in [5, 5.41) is 0. The standard InChI is InChI=1S/C19H18F2N2O3/c1-10-6-12-11(8-22-10)9-23(18(24)19(12)4-5-19)17-15(20)13(25-2)7-14(26-3)16(17)21/h6-8H,4-5,9H2,1-3H3. The number of benzene rings is 1. The second-order valence-corrected chi connectivity index (χ2v) is 6.71. The number of aromatic nitrogens is 1. The van der Waals surface area contributed by atoms with E-state index in [1.54, 1.807) is 6.20 Å². The summed E-state index contributed by atoms with van der Waals surface area (Å²) in [5.74, 6) is -2.49. The minimum Gasteiger partial charge on any atom is -0.493 e. The van der Waals surface area contributed by atoms with Gasteiger partial charge in [0.05, 0.1) is 26.2 Å². The zero-order valence-corrected chi connectivity index (χ0v) is 14.7. The van der Waals surface area contributed by atoms with E-state index in [1.165, 1.54) is 14.2 Å². The zero-order valence-electron chi connectivity index (χ0n) is 14.7. The normalized spacial score (nSPS) is 17.3. The van der Waals surface area contributed by atoms with E-state index in [2.05, 4.69) is 4.98 Å². The minimum absolute atomic E-state index is 0.0490. The molecule has 1 aliphatic carbocycles. The molecular weight excluding hydrogens is 342 g/mol. The van der Waals surface area contributed by atoms with Crippen molar-refractivity contribution in [3.63, 3.8) is 0 Å². The number of hydrogen-bond acceptors (Lipinski definition) is 4. The topological polar surface area (TPSA) is 51.7 Å². The molecule has 0 bridgehead atoms. The third-order valence-corrected chi connectivity index (χ3v) is 5.19. The van der Waals surface area contributed by atoms with Crippen LogP contribution in [0.15, 0.2) is 18.3 Å². The number of halogens is 2. The van der Waals surface area contributed by atoms with Crippen molar-refractivity contribution >= 4 is 11.6 Å². The average Bonchev–Trinajstić information content (AvgIpc) is 3.42. The van der Waals surface area contributed by atoms with Crippen LogP contribution in [0.4, 0.5) is 14.5 Å². The van der Waals surface area contributed by atoms with Gasteiger partial charge in [0.25, 0.3) is 0 Å². The molecule has 2 heterocycles. The molecule has 0 saturated heterocycles. The summed E-state index contributed by atoms with van der Waals surface area (Å²) in [7, 11) is 2.56. The first kappa shape index (κ1) is 16.8. The summed E-state index contributed by atoms with van der Waals surface area (Å²) < 4.78 is 39.8. The highest BCUT2D eigenvalue weighted by atomic mass is 19.1. The number of pyridine rings is 1. The molecule has 2 aromatic rings. The van der Waals surface area contributed by atoms with Crippen molar-refractivity contribution in [1.29, 1.82) is 0 Å². The van der Waals surface area contributed by atoms with Crippen molar-refractivity contribution in [1.82, 2.24) is 4.98 Å². The number of hydrogen-bond donors (Lipinski definition) is 0. The first-order chi connectivity index (χ1) is 12.4. The van der Waals surface area contributed by atoms with Crippen LogP contribution < -0.4 is 14.4 Å². The fourth-order valence-corrected chi connectivity index (χ4v) is 3.67. The molecule has 1 aliphatic heterocycles. The lowest BCUT2D eigenvalue weighted by Gasteiger charge is -2.35. The Morgan fingerprint density at radius 2 is 1.73 bits per heavy atom. The molecule has 1 amide bonds. The molecule has 1 aromatic carbocycles. The zero-order chi connectivity index (χ0) is 18.6. The summed E-state index contributed by atoms with van der Waals surface area (Å²) in [6, 6.07) is 3.03. The van der Waals surface area contributed by atoms with Crippen LogP contribution in [0.5, 0.6) is 11.5 Å². The van der Waals surface area contributed by atoms with E-state index in [-0.39, 0.29) is 24.0 Å². The van der Waals surface area contributed by atoms with Crippen LogP contribution in [0.1, 0.15) is 29.7 Å².